The average molecular weight is 513 g/mol. The SMILES string of the molecule is COc1cc2ccc(=O)oc2c2cc(C3(C)CCC3(C)c3cc4c(o3)c(OC)cc3ccc(=O)oc34)oc12. The fraction of sp³-hybridized carbons (Fsp3) is 0.267. The molecule has 0 aliphatic heterocycles. The second-order valence-corrected chi connectivity index (χ2v) is 10.4. The van der Waals surface area contributed by atoms with Gasteiger partial charge in [0.25, 0.3) is 0 Å². The lowest BCUT2D eigenvalue weighted by molar-refractivity contribution is 0.0655. The highest BCUT2D eigenvalue weighted by Gasteiger charge is 2.58. The Morgan fingerprint density at radius 3 is 1.39 bits per heavy atom. The number of methoxy groups -OCH3 is 2. The Hall–Kier alpha value is -4.46. The van der Waals surface area contributed by atoms with Gasteiger partial charge in [0, 0.05) is 33.7 Å². The Bertz CT molecular complexity index is 1890. The minimum absolute atomic E-state index is 0.429. The third kappa shape index (κ3) is 2.85. The van der Waals surface area contributed by atoms with Crippen molar-refractivity contribution in [1.82, 2.24) is 0 Å². The predicted octanol–water partition coefficient (Wildman–Crippen LogP) is 6.42. The molecule has 0 spiro atoms. The molecule has 7 rings (SSSR count). The topological polar surface area (TPSA) is 105 Å². The number of ether oxygens (including phenoxy) is 2. The van der Waals surface area contributed by atoms with Gasteiger partial charge in [-0.1, -0.05) is 13.8 Å². The standard InChI is InChI=1S/C30H24O8/c1-29(21-13-17-25-15(5-7-23(31)37-25)11-19(33-3)27(17)35-21)9-10-30(29,2)22-14-18-26-16(6-8-24(32)38-26)12-20(34-4)28(18)36-22/h5-8,11-14H,9-10H2,1-4H3. The Balaban J connectivity index is 1.44. The van der Waals surface area contributed by atoms with E-state index in [4.69, 9.17) is 27.1 Å². The Morgan fingerprint density at radius 1 is 0.605 bits per heavy atom. The van der Waals surface area contributed by atoms with Crippen molar-refractivity contribution in [1.29, 1.82) is 0 Å². The van der Waals surface area contributed by atoms with E-state index in [9.17, 15) is 9.59 Å². The van der Waals surface area contributed by atoms with Gasteiger partial charge in [-0.2, -0.15) is 0 Å². The van der Waals surface area contributed by atoms with Crippen molar-refractivity contribution in [2.24, 2.45) is 0 Å². The third-order valence-electron chi connectivity index (χ3n) is 8.57. The van der Waals surface area contributed by atoms with E-state index in [-0.39, 0.29) is 0 Å². The summed E-state index contributed by atoms with van der Waals surface area (Å²) in [4.78, 5) is 24.0. The van der Waals surface area contributed by atoms with Gasteiger partial charge in [0.15, 0.2) is 22.7 Å². The van der Waals surface area contributed by atoms with Gasteiger partial charge in [-0.15, -0.1) is 0 Å². The molecular weight excluding hydrogens is 488 g/mol. The van der Waals surface area contributed by atoms with Gasteiger partial charge in [-0.25, -0.2) is 9.59 Å². The monoisotopic (exact) mass is 512 g/mol. The molecule has 4 heterocycles. The summed E-state index contributed by atoms with van der Waals surface area (Å²) in [6.07, 6.45) is 1.69. The molecule has 192 valence electrons. The third-order valence-corrected chi connectivity index (χ3v) is 8.57. The number of fused-ring (bicyclic) bond motifs is 6. The fourth-order valence-corrected chi connectivity index (χ4v) is 5.91. The van der Waals surface area contributed by atoms with Gasteiger partial charge in [-0.3, -0.25) is 0 Å². The molecule has 0 saturated heterocycles. The van der Waals surface area contributed by atoms with Crippen LogP contribution in [0.1, 0.15) is 38.2 Å². The van der Waals surface area contributed by atoms with Gasteiger partial charge in [-0.05, 0) is 49.2 Å². The molecular formula is C30H24O8. The molecule has 6 aromatic rings. The van der Waals surface area contributed by atoms with E-state index in [1.165, 1.54) is 12.1 Å². The van der Waals surface area contributed by atoms with Crippen molar-refractivity contribution >= 4 is 43.9 Å². The summed E-state index contributed by atoms with van der Waals surface area (Å²) in [5, 5.41) is 2.87. The summed E-state index contributed by atoms with van der Waals surface area (Å²) in [7, 11) is 3.17. The molecule has 0 amide bonds. The number of benzene rings is 2. The van der Waals surface area contributed by atoms with E-state index in [1.54, 1.807) is 38.5 Å². The summed E-state index contributed by atoms with van der Waals surface area (Å²) in [6, 6.07) is 13.7. The first-order valence-corrected chi connectivity index (χ1v) is 12.4. The van der Waals surface area contributed by atoms with Gasteiger partial charge < -0.3 is 27.1 Å². The Morgan fingerprint density at radius 2 is 1.03 bits per heavy atom. The van der Waals surface area contributed by atoms with Crippen molar-refractivity contribution in [3.63, 3.8) is 0 Å². The van der Waals surface area contributed by atoms with Crippen LogP contribution in [0.25, 0.3) is 43.9 Å². The highest BCUT2D eigenvalue weighted by molar-refractivity contribution is 6.06. The lowest BCUT2D eigenvalue weighted by atomic mass is 9.49. The van der Waals surface area contributed by atoms with E-state index in [1.807, 2.05) is 12.1 Å². The summed E-state index contributed by atoms with van der Waals surface area (Å²) in [5.74, 6) is 2.60. The summed E-state index contributed by atoms with van der Waals surface area (Å²) in [5.41, 5.74) is 0.221. The van der Waals surface area contributed by atoms with Gasteiger partial charge in [0.2, 0.25) is 0 Å². The van der Waals surface area contributed by atoms with Crippen LogP contribution in [0.2, 0.25) is 0 Å². The lowest BCUT2D eigenvalue weighted by Crippen LogP contribution is -2.53. The highest BCUT2D eigenvalue weighted by atomic mass is 16.5. The lowest BCUT2D eigenvalue weighted by Gasteiger charge is -2.53. The maximum absolute atomic E-state index is 12.0. The van der Waals surface area contributed by atoms with Gasteiger partial charge in [0.1, 0.15) is 22.7 Å². The first-order chi connectivity index (χ1) is 18.3. The van der Waals surface area contributed by atoms with Crippen LogP contribution in [0, 0.1) is 0 Å². The highest BCUT2D eigenvalue weighted by Crippen LogP contribution is 2.61. The van der Waals surface area contributed by atoms with E-state index in [0.717, 1.165) is 35.1 Å². The van der Waals surface area contributed by atoms with Crippen LogP contribution in [0.5, 0.6) is 11.5 Å². The first-order valence-electron chi connectivity index (χ1n) is 12.4. The molecule has 4 aromatic heterocycles. The maximum Gasteiger partial charge on any atom is 0.336 e. The van der Waals surface area contributed by atoms with Crippen LogP contribution in [-0.2, 0) is 10.8 Å². The van der Waals surface area contributed by atoms with Crippen molar-refractivity contribution in [3.8, 4) is 11.5 Å². The predicted molar refractivity (Wildman–Crippen MR) is 142 cm³/mol. The molecule has 1 aliphatic rings. The van der Waals surface area contributed by atoms with Crippen LogP contribution in [0.4, 0.5) is 0 Å². The Kier molecular flexibility index (Phi) is 4.50. The largest absolute Gasteiger partial charge is 0.493 e. The molecule has 0 N–H and O–H groups in total. The average Bonchev–Trinajstić information content (AvgIpc) is 3.57. The number of hydrogen-bond donors (Lipinski definition) is 0. The minimum Gasteiger partial charge on any atom is -0.493 e. The van der Waals surface area contributed by atoms with Crippen LogP contribution in [-0.4, -0.2) is 14.2 Å². The quantitative estimate of drug-likeness (QED) is 0.249. The molecule has 0 radical (unpaired) electrons. The zero-order valence-electron chi connectivity index (χ0n) is 21.3. The molecule has 8 heteroatoms. The first kappa shape index (κ1) is 22.7. The molecule has 2 unspecified atom stereocenters. The smallest absolute Gasteiger partial charge is 0.336 e. The van der Waals surface area contributed by atoms with E-state index >= 15 is 0 Å². The van der Waals surface area contributed by atoms with Gasteiger partial charge in [0.05, 0.1) is 25.0 Å². The molecule has 38 heavy (non-hydrogen) atoms. The summed E-state index contributed by atoms with van der Waals surface area (Å²) in [6.45, 7) is 4.28. The molecule has 8 nitrogen and oxygen atoms in total. The maximum atomic E-state index is 12.0. The van der Waals surface area contributed by atoms with Crippen molar-refractivity contribution in [3.05, 3.63) is 80.9 Å². The van der Waals surface area contributed by atoms with E-state index in [0.29, 0.717) is 44.6 Å². The summed E-state index contributed by atoms with van der Waals surface area (Å²) >= 11 is 0. The number of hydrogen-bond acceptors (Lipinski definition) is 8. The molecule has 1 fully saturated rings. The normalized spacial score (nSPS) is 21.4. The zero-order valence-corrected chi connectivity index (χ0v) is 21.3. The van der Waals surface area contributed by atoms with Crippen LogP contribution in [0.3, 0.4) is 0 Å². The van der Waals surface area contributed by atoms with Crippen LogP contribution < -0.4 is 20.7 Å². The van der Waals surface area contributed by atoms with Crippen molar-refractivity contribution in [2.75, 3.05) is 14.2 Å². The molecule has 2 atom stereocenters. The molecule has 1 saturated carbocycles. The summed E-state index contributed by atoms with van der Waals surface area (Å²) < 4.78 is 35.3. The van der Waals surface area contributed by atoms with E-state index in [2.05, 4.69) is 13.8 Å². The van der Waals surface area contributed by atoms with Crippen LogP contribution >= 0.6 is 0 Å². The second kappa shape index (κ2) is 7.54. The molecule has 0 bridgehead atoms. The van der Waals surface area contributed by atoms with Crippen molar-refractivity contribution in [2.45, 2.75) is 37.5 Å². The zero-order chi connectivity index (χ0) is 26.4. The van der Waals surface area contributed by atoms with Crippen LogP contribution in [0.15, 0.2) is 75.8 Å². The number of rotatable bonds is 4. The second-order valence-electron chi connectivity index (χ2n) is 10.4. The Labute approximate surface area is 215 Å². The minimum atomic E-state index is -0.448. The van der Waals surface area contributed by atoms with Gasteiger partial charge >= 0.3 is 11.3 Å². The molecule has 2 aromatic carbocycles. The molecule has 1 aliphatic carbocycles. The van der Waals surface area contributed by atoms with Crippen molar-refractivity contribution < 1.29 is 27.1 Å². The fourth-order valence-electron chi connectivity index (χ4n) is 5.91. The number of furan rings is 2. The van der Waals surface area contributed by atoms with E-state index < -0.39 is 22.1 Å².